The summed E-state index contributed by atoms with van der Waals surface area (Å²) in [6.45, 7) is -0.218. The first kappa shape index (κ1) is 22.5. The normalized spacial score (nSPS) is 17.1. The third kappa shape index (κ3) is 6.67. The second-order valence-electron chi connectivity index (χ2n) is 6.38. The van der Waals surface area contributed by atoms with Gasteiger partial charge in [-0.25, -0.2) is 21.9 Å². The molecule has 0 bridgehead atoms. The second-order valence-corrected chi connectivity index (χ2v) is 8.15. The van der Waals surface area contributed by atoms with Crippen LogP contribution in [0.15, 0.2) is 29.2 Å². The number of nitrogens with zero attached hydrogens (tertiary/aromatic N) is 1. The van der Waals surface area contributed by atoms with E-state index in [-0.39, 0.29) is 12.6 Å². The molecule has 2 rings (SSSR count). The molecule has 12 heteroatoms. The second kappa shape index (κ2) is 9.14. The Morgan fingerprint density at radius 2 is 1.86 bits per heavy atom. The first-order chi connectivity index (χ1) is 13.0. The van der Waals surface area contributed by atoms with Crippen LogP contribution in [0.4, 0.5) is 22.0 Å². The molecule has 1 aliphatic heterocycles. The van der Waals surface area contributed by atoms with Gasteiger partial charge in [-0.15, -0.1) is 0 Å². The number of alkyl halides is 5. The van der Waals surface area contributed by atoms with Crippen molar-refractivity contribution in [2.24, 2.45) is 0 Å². The van der Waals surface area contributed by atoms with Crippen molar-refractivity contribution >= 4 is 15.9 Å². The van der Waals surface area contributed by atoms with Crippen molar-refractivity contribution in [2.45, 2.75) is 36.4 Å². The Morgan fingerprint density at radius 3 is 2.43 bits per heavy atom. The van der Waals surface area contributed by atoms with Gasteiger partial charge in [-0.3, -0.25) is 9.69 Å². The fraction of sp³-hybridized carbons (Fsp3) is 0.562. The summed E-state index contributed by atoms with van der Waals surface area (Å²) < 4.78 is 89.0. The summed E-state index contributed by atoms with van der Waals surface area (Å²) in [7, 11) is -4.30. The summed E-state index contributed by atoms with van der Waals surface area (Å²) in [5.41, 5.74) is -1.12. The molecule has 0 atom stereocenters. The van der Waals surface area contributed by atoms with E-state index in [0.29, 0.717) is 32.0 Å². The zero-order valence-electron chi connectivity index (χ0n) is 14.7. The van der Waals surface area contributed by atoms with E-state index in [1.165, 1.54) is 0 Å². The first-order valence-electron chi connectivity index (χ1n) is 8.44. The Morgan fingerprint density at radius 1 is 1.21 bits per heavy atom. The molecule has 1 saturated heterocycles. The van der Waals surface area contributed by atoms with Crippen LogP contribution in [0.3, 0.4) is 0 Å². The van der Waals surface area contributed by atoms with Crippen LogP contribution in [0.1, 0.15) is 18.4 Å². The highest BCUT2D eigenvalue weighted by molar-refractivity contribution is 7.89. The van der Waals surface area contributed by atoms with Crippen LogP contribution in [0.2, 0.25) is 0 Å². The number of rotatable bonds is 7. The topological polar surface area (TPSA) is 78.5 Å². The van der Waals surface area contributed by atoms with E-state index in [9.17, 15) is 35.2 Å². The molecule has 1 aromatic carbocycles. The molecule has 0 saturated carbocycles. The van der Waals surface area contributed by atoms with E-state index in [0.717, 1.165) is 18.2 Å². The summed E-state index contributed by atoms with van der Waals surface area (Å²) in [5, 5.41) is 2.59. The molecular formula is C16H20F5N3O3S. The molecule has 0 spiro atoms. The van der Waals surface area contributed by atoms with E-state index in [1.54, 1.807) is 4.90 Å². The lowest BCUT2D eigenvalue weighted by molar-refractivity contribution is -0.137. The van der Waals surface area contributed by atoms with Crippen LogP contribution in [-0.4, -0.2) is 57.9 Å². The molecule has 1 aliphatic rings. The Bertz CT molecular complexity index is 778. The lowest BCUT2D eigenvalue weighted by Gasteiger charge is -2.32. The predicted molar refractivity (Wildman–Crippen MR) is 90.2 cm³/mol. The number of hydrogen-bond donors (Lipinski definition) is 2. The number of nitrogens with one attached hydrogen (secondary N) is 2. The number of piperidine rings is 1. The van der Waals surface area contributed by atoms with E-state index in [2.05, 4.69) is 5.32 Å². The Hall–Kier alpha value is -1.79. The van der Waals surface area contributed by atoms with Crippen LogP contribution in [0.5, 0.6) is 0 Å². The monoisotopic (exact) mass is 429 g/mol. The van der Waals surface area contributed by atoms with Crippen molar-refractivity contribution in [1.29, 1.82) is 0 Å². The van der Waals surface area contributed by atoms with Crippen molar-refractivity contribution in [3.8, 4) is 0 Å². The van der Waals surface area contributed by atoms with Crippen molar-refractivity contribution in [1.82, 2.24) is 14.9 Å². The van der Waals surface area contributed by atoms with Crippen LogP contribution < -0.4 is 10.0 Å². The molecule has 28 heavy (non-hydrogen) atoms. The van der Waals surface area contributed by atoms with Crippen molar-refractivity contribution in [3.63, 3.8) is 0 Å². The van der Waals surface area contributed by atoms with Gasteiger partial charge in [0.05, 0.1) is 23.5 Å². The fourth-order valence-electron chi connectivity index (χ4n) is 2.82. The third-order valence-electron chi connectivity index (χ3n) is 4.24. The van der Waals surface area contributed by atoms with Crippen LogP contribution in [0.25, 0.3) is 0 Å². The average molecular weight is 429 g/mol. The number of carbonyl (C=O) groups is 1. The molecule has 1 fully saturated rings. The molecule has 1 amide bonds. The maximum absolute atomic E-state index is 12.7. The lowest BCUT2D eigenvalue weighted by atomic mass is 10.1. The summed E-state index contributed by atoms with van der Waals surface area (Å²) in [4.78, 5) is 12.9. The van der Waals surface area contributed by atoms with Crippen molar-refractivity contribution < 1.29 is 35.2 Å². The number of amides is 1. The van der Waals surface area contributed by atoms with Gasteiger partial charge >= 0.3 is 6.18 Å². The molecular weight excluding hydrogens is 409 g/mol. The molecule has 1 heterocycles. The minimum Gasteiger partial charge on any atom is -0.352 e. The van der Waals surface area contributed by atoms with Crippen molar-refractivity contribution in [3.05, 3.63) is 29.8 Å². The average Bonchev–Trinajstić information content (AvgIpc) is 2.61. The van der Waals surface area contributed by atoms with Gasteiger partial charge in [-0.1, -0.05) is 6.07 Å². The number of carbonyl (C=O) groups excluding carboxylic acids is 1. The summed E-state index contributed by atoms with van der Waals surface area (Å²) in [6, 6.07) is 2.91. The van der Waals surface area contributed by atoms with Gasteiger partial charge in [-0.05, 0) is 31.0 Å². The molecule has 0 radical (unpaired) electrons. The largest absolute Gasteiger partial charge is 0.416 e. The number of benzene rings is 1. The summed E-state index contributed by atoms with van der Waals surface area (Å²) in [6.07, 6.45) is -6.24. The molecule has 2 N–H and O–H groups in total. The van der Waals surface area contributed by atoms with E-state index >= 15 is 0 Å². The van der Waals surface area contributed by atoms with Gasteiger partial charge < -0.3 is 5.32 Å². The van der Waals surface area contributed by atoms with Gasteiger partial charge in [0.25, 0.3) is 6.43 Å². The lowest BCUT2D eigenvalue weighted by Crippen LogP contribution is -2.48. The van der Waals surface area contributed by atoms with Gasteiger partial charge in [0.1, 0.15) is 0 Å². The molecule has 6 nitrogen and oxygen atoms in total. The highest BCUT2D eigenvalue weighted by Gasteiger charge is 2.31. The standard InChI is InChI=1S/C16H20F5N3O3S/c17-14(18)10-24-6-4-12(5-7-24)23-15(25)9-22-28(26,27)13-3-1-2-11(8-13)16(19,20)21/h1-3,8,12,14,22H,4-7,9-10H2,(H,23,25). The maximum atomic E-state index is 12.7. The molecule has 0 unspecified atom stereocenters. The number of halogens is 5. The third-order valence-corrected chi connectivity index (χ3v) is 5.64. The molecule has 0 aliphatic carbocycles. The number of sulfonamides is 1. The van der Waals surface area contributed by atoms with Gasteiger partial charge in [0.15, 0.2) is 0 Å². The first-order valence-corrected chi connectivity index (χ1v) is 9.92. The van der Waals surface area contributed by atoms with Gasteiger partial charge in [0.2, 0.25) is 15.9 Å². The zero-order valence-corrected chi connectivity index (χ0v) is 15.5. The maximum Gasteiger partial charge on any atom is 0.416 e. The summed E-state index contributed by atoms with van der Waals surface area (Å²) >= 11 is 0. The highest BCUT2D eigenvalue weighted by atomic mass is 32.2. The van der Waals surface area contributed by atoms with E-state index in [4.69, 9.17) is 0 Å². The molecule has 1 aromatic rings. The Balaban J connectivity index is 1.85. The quantitative estimate of drug-likeness (QED) is 0.649. The smallest absolute Gasteiger partial charge is 0.352 e. The van der Waals surface area contributed by atoms with E-state index in [1.807, 2.05) is 4.72 Å². The Labute approximate surface area is 159 Å². The van der Waals surface area contributed by atoms with Crippen LogP contribution >= 0.6 is 0 Å². The van der Waals surface area contributed by atoms with Gasteiger partial charge in [0, 0.05) is 19.1 Å². The SMILES string of the molecule is O=C(CNS(=O)(=O)c1cccc(C(F)(F)F)c1)NC1CCN(CC(F)F)CC1. The minimum atomic E-state index is -4.69. The van der Waals surface area contributed by atoms with E-state index < -0.39 is 45.5 Å². The predicted octanol–water partition coefficient (Wildman–Crippen LogP) is 1.83. The molecule has 158 valence electrons. The highest BCUT2D eigenvalue weighted by Crippen LogP contribution is 2.30. The fourth-order valence-corrected chi connectivity index (χ4v) is 3.84. The van der Waals surface area contributed by atoms with Crippen LogP contribution in [0, 0.1) is 0 Å². The number of hydrogen-bond acceptors (Lipinski definition) is 4. The van der Waals surface area contributed by atoms with Crippen LogP contribution in [-0.2, 0) is 21.0 Å². The zero-order chi connectivity index (χ0) is 20.9. The van der Waals surface area contributed by atoms with Crippen molar-refractivity contribution in [2.75, 3.05) is 26.2 Å². The molecule has 0 aromatic heterocycles. The van der Waals surface area contributed by atoms with Gasteiger partial charge in [-0.2, -0.15) is 13.2 Å². The minimum absolute atomic E-state index is 0.278. The number of likely N-dealkylation sites (tertiary alicyclic amines) is 1. The Kier molecular flexibility index (Phi) is 7.34. The summed E-state index contributed by atoms with van der Waals surface area (Å²) in [5.74, 6) is -0.650.